The highest BCUT2D eigenvalue weighted by molar-refractivity contribution is 9.10. The molecule has 2 rings (SSSR count). The van der Waals surface area contributed by atoms with Crippen LogP contribution >= 0.6 is 15.9 Å². The molecule has 20 heavy (non-hydrogen) atoms. The third kappa shape index (κ3) is 3.45. The van der Waals surface area contributed by atoms with E-state index in [-0.39, 0.29) is 17.9 Å². The highest BCUT2D eigenvalue weighted by atomic mass is 79.9. The quantitative estimate of drug-likeness (QED) is 0.919. The number of hydrogen-bond donors (Lipinski definition) is 1. The summed E-state index contributed by atoms with van der Waals surface area (Å²) in [6, 6.07) is 7.65. The Morgan fingerprint density at radius 2 is 2.20 bits per heavy atom. The third-order valence-corrected chi connectivity index (χ3v) is 3.66. The molecule has 2 amide bonds. The standard InChI is InChI=1S/C14H16BrN3O2/c1-9(10-4-3-5-11(15)8-10)16-14(20)12-6-7-13(19)18(2)17-12/h3-5,8-9H,6-7H2,1-2H3,(H,16,20)/t9-/m0/s1. The Morgan fingerprint density at radius 1 is 1.45 bits per heavy atom. The van der Waals surface area contributed by atoms with Gasteiger partial charge in [-0.05, 0) is 24.6 Å². The van der Waals surface area contributed by atoms with Gasteiger partial charge in [-0.25, -0.2) is 5.01 Å². The van der Waals surface area contributed by atoms with Gasteiger partial charge in [-0.15, -0.1) is 0 Å². The third-order valence-electron chi connectivity index (χ3n) is 3.17. The summed E-state index contributed by atoms with van der Waals surface area (Å²) in [5.41, 5.74) is 1.41. The van der Waals surface area contributed by atoms with E-state index < -0.39 is 0 Å². The van der Waals surface area contributed by atoms with Crippen LogP contribution in [0.1, 0.15) is 31.4 Å². The van der Waals surface area contributed by atoms with Crippen molar-refractivity contribution in [3.63, 3.8) is 0 Å². The van der Waals surface area contributed by atoms with Crippen LogP contribution in [0.3, 0.4) is 0 Å². The normalized spacial score (nSPS) is 16.6. The van der Waals surface area contributed by atoms with Gasteiger partial charge in [-0.2, -0.15) is 5.10 Å². The molecule has 6 heteroatoms. The molecule has 0 bridgehead atoms. The van der Waals surface area contributed by atoms with E-state index in [1.54, 1.807) is 7.05 Å². The molecule has 0 saturated heterocycles. The molecule has 0 saturated carbocycles. The largest absolute Gasteiger partial charge is 0.344 e. The molecule has 1 atom stereocenters. The summed E-state index contributed by atoms with van der Waals surface area (Å²) in [7, 11) is 1.56. The van der Waals surface area contributed by atoms with Crippen LogP contribution in [0, 0.1) is 0 Å². The highest BCUT2D eigenvalue weighted by Gasteiger charge is 2.23. The van der Waals surface area contributed by atoms with Crippen molar-refractivity contribution in [3.05, 3.63) is 34.3 Å². The Balaban J connectivity index is 2.05. The molecule has 1 N–H and O–H groups in total. The summed E-state index contributed by atoms with van der Waals surface area (Å²) in [5, 5.41) is 8.13. The second-order valence-corrected chi connectivity index (χ2v) is 5.63. The van der Waals surface area contributed by atoms with E-state index in [1.165, 1.54) is 5.01 Å². The van der Waals surface area contributed by atoms with Crippen molar-refractivity contribution >= 4 is 33.5 Å². The van der Waals surface area contributed by atoms with Crippen LogP contribution in [0.2, 0.25) is 0 Å². The zero-order chi connectivity index (χ0) is 14.7. The zero-order valence-corrected chi connectivity index (χ0v) is 13.0. The predicted octanol–water partition coefficient (Wildman–Crippen LogP) is 2.23. The summed E-state index contributed by atoms with van der Waals surface area (Å²) in [4.78, 5) is 23.5. The van der Waals surface area contributed by atoms with E-state index in [4.69, 9.17) is 0 Å². The topological polar surface area (TPSA) is 61.8 Å². The van der Waals surface area contributed by atoms with Crippen LogP contribution in [-0.2, 0) is 9.59 Å². The molecule has 0 unspecified atom stereocenters. The maximum atomic E-state index is 12.1. The number of hydrazone groups is 1. The minimum atomic E-state index is -0.225. The van der Waals surface area contributed by atoms with Crippen molar-refractivity contribution < 1.29 is 9.59 Å². The summed E-state index contributed by atoms with van der Waals surface area (Å²) in [6.07, 6.45) is 0.716. The number of benzene rings is 1. The number of carbonyl (C=O) groups is 2. The number of rotatable bonds is 3. The smallest absolute Gasteiger partial charge is 0.267 e. The molecule has 0 aromatic heterocycles. The predicted molar refractivity (Wildman–Crippen MR) is 80.1 cm³/mol. The van der Waals surface area contributed by atoms with Crippen LogP contribution in [0.4, 0.5) is 0 Å². The summed E-state index contributed by atoms with van der Waals surface area (Å²) < 4.78 is 0.969. The fraction of sp³-hybridized carbons (Fsp3) is 0.357. The van der Waals surface area contributed by atoms with Crippen LogP contribution in [-0.4, -0.2) is 29.6 Å². The number of halogens is 1. The average Bonchev–Trinajstić information content (AvgIpc) is 2.41. The number of nitrogens with one attached hydrogen (secondary N) is 1. The van der Waals surface area contributed by atoms with Crippen LogP contribution < -0.4 is 5.32 Å². The van der Waals surface area contributed by atoms with Gasteiger partial charge in [0.15, 0.2) is 0 Å². The maximum Gasteiger partial charge on any atom is 0.267 e. The Morgan fingerprint density at radius 3 is 2.85 bits per heavy atom. The zero-order valence-electron chi connectivity index (χ0n) is 11.4. The second kappa shape index (κ2) is 6.17. The van der Waals surface area contributed by atoms with Crippen LogP contribution in [0.15, 0.2) is 33.8 Å². The van der Waals surface area contributed by atoms with E-state index in [0.29, 0.717) is 18.6 Å². The van der Waals surface area contributed by atoms with Gasteiger partial charge in [-0.3, -0.25) is 9.59 Å². The minimum Gasteiger partial charge on any atom is -0.344 e. The van der Waals surface area contributed by atoms with E-state index in [1.807, 2.05) is 31.2 Å². The lowest BCUT2D eigenvalue weighted by atomic mass is 10.1. The van der Waals surface area contributed by atoms with Crippen molar-refractivity contribution in [1.82, 2.24) is 10.3 Å². The van der Waals surface area contributed by atoms with Crippen molar-refractivity contribution in [2.45, 2.75) is 25.8 Å². The molecule has 1 aromatic carbocycles. The first kappa shape index (κ1) is 14.7. The number of nitrogens with zero attached hydrogens (tertiary/aromatic N) is 2. The number of hydrogen-bond acceptors (Lipinski definition) is 3. The van der Waals surface area contributed by atoms with Crippen LogP contribution in [0.25, 0.3) is 0 Å². The summed E-state index contributed by atoms with van der Waals surface area (Å²) in [6.45, 7) is 1.91. The fourth-order valence-electron chi connectivity index (χ4n) is 1.97. The van der Waals surface area contributed by atoms with E-state index >= 15 is 0 Å². The van der Waals surface area contributed by atoms with Gasteiger partial charge in [-0.1, -0.05) is 28.1 Å². The Hall–Kier alpha value is -1.69. The molecular formula is C14H16BrN3O2. The number of carbonyl (C=O) groups excluding carboxylic acids is 2. The Labute approximate surface area is 126 Å². The molecule has 1 heterocycles. The SMILES string of the molecule is C[C@H](NC(=O)C1=NN(C)C(=O)CC1)c1cccc(Br)c1. The molecule has 0 radical (unpaired) electrons. The van der Waals surface area contributed by atoms with Crippen molar-refractivity contribution in [1.29, 1.82) is 0 Å². The molecule has 0 aliphatic carbocycles. The molecule has 5 nitrogen and oxygen atoms in total. The minimum absolute atomic E-state index is 0.0680. The summed E-state index contributed by atoms with van der Waals surface area (Å²) >= 11 is 3.41. The lowest BCUT2D eigenvalue weighted by Gasteiger charge is -2.21. The molecule has 1 aliphatic heterocycles. The lowest BCUT2D eigenvalue weighted by molar-refractivity contribution is -0.130. The molecule has 1 aromatic rings. The van der Waals surface area contributed by atoms with Crippen molar-refractivity contribution in [3.8, 4) is 0 Å². The lowest BCUT2D eigenvalue weighted by Crippen LogP contribution is -2.38. The van der Waals surface area contributed by atoms with Crippen LogP contribution in [0.5, 0.6) is 0 Å². The van der Waals surface area contributed by atoms with E-state index in [2.05, 4.69) is 26.3 Å². The van der Waals surface area contributed by atoms with Gasteiger partial charge in [0, 0.05) is 24.4 Å². The fourth-order valence-corrected chi connectivity index (χ4v) is 2.39. The molecule has 106 valence electrons. The average molecular weight is 338 g/mol. The van der Waals surface area contributed by atoms with E-state index in [0.717, 1.165) is 10.0 Å². The number of amides is 2. The Bertz CT molecular complexity index is 571. The summed E-state index contributed by atoms with van der Waals surface area (Å²) in [5.74, 6) is -0.293. The molecule has 1 aliphatic rings. The van der Waals surface area contributed by atoms with Gasteiger partial charge < -0.3 is 5.32 Å². The second-order valence-electron chi connectivity index (χ2n) is 4.71. The molecule has 0 spiro atoms. The van der Waals surface area contributed by atoms with Gasteiger partial charge >= 0.3 is 0 Å². The van der Waals surface area contributed by atoms with E-state index in [9.17, 15) is 9.59 Å². The maximum absolute atomic E-state index is 12.1. The first-order valence-corrected chi connectivity index (χ1v) is 7.17. The highest BCUT2D eigenvalue weighted by Crippen LogP contribution is 2.18. The van der Waals surface area contributed by atoms with Crippen molar-refractivity contribution in [2.75, 3.05) is 7.05 Å². The first-order chi connectivity index (χ1) is 9.47. The Kier molecular flexibility index (Phi) is 4.54. The van der Waals surface area contributed by atoms with Gasteiger partial charge in [0.25, 0.3) is 5.91 Å². The van der Waals surface area contributed by atoms with Gasteiger partial charge in [0.05, 0.1) is 6.04 Å². The molecular weight excluding hydrogens is 322 g/mol. The monoisotopic (exact) mass is 337 g/mol. The van der Waals surface area contributed by atoms with Gasteiger partial charge in [0.2, 0.25) is 5.91 Å². The molecule has 0 fully saturated rings. The van der Waals surface area contributed by atoms with Crippen molar-refractivity contribution in [2.24, 2.45) is 5.10 Å². The van der Waals surface area contributed by atoms with Gasteiger partial charge in [0.1, 0.15) is 5.71 Å². The first-order valence-electron chi connectivity index (χ1n) is 6.37.